The molecule has 0 atom stereocenters. The number of para-hydroxylation sites is 4. The van der Waals surface area contributed by atoms with Crippen LogP contribution >= 0.6 is 11.3 Å². The Kier molecular flexibility index (Phi) is 6.38. The number of nitrogens with zero attached hydrogens (tertiary/aromatic N) is 4. The highest BCUT2D eigenvalue weighted by atomic mass is 32.1. The first-order chi connectivity index (χ1) is 25.9. The number of thiophene rings is 1. The van der Waals surface area contributed by atoms with Crippen LogP contribution in [0.4, 0.5) is 44.1 Å². The first kappa shape index (κ1) is 30.9. The van der Waals surface area contributed by atoms with Crippen LogP contribution in [0.5, 0.6) is 0 Å². The molecular weight excluding hydrogens is 662 g/mol. The van der Waals surface area contributed by atoms with Crippen molar-refractivity contribution in [3.8, 4) is 0 Å². The first-order valence-electron chi connectivity index (χ1n) is 18.7. The molecule has 0 saturated carbocycles. The highest BCUT2D eigenvalue weighted by Gasteiger charge is 2.58. The Balaban J connectivity index is 1.28. The second-order valence-corrected chi connectivity index (χ2v) is 16.7. The van der Waals surface area contributed by atoms with Gasteiger partial charge in [0.2, 0.25) is 0 Å². The van der Waals surface area contributed by atoms with E-state index in [1.807, 2.05) is 11.3 Å². The van der Waals surface area contributed by atoms with Gasteiger partial charge in [-0.1, -0.05) is 160 Å². The lowest BCUT2D eigenvalue weighted by atomic mass is 9.60. The van der Waals surface area contributed by atoms with Crippen LogP contribution in [-0.4, -0.2) is 14.0 Å². The van der Waals surface area contributed by atoms with Crippen molar-refractivity contribution in [3.05, 3.63) is 180 Å². The normalized spacial score (nSPS) is 16.8. The molecule has 4 nitrogen and oxygen atoms in total. The predicted octanol–water partition coefficient (Wildman–Crippen LogP) is 10.4. The first-order valence-corrected chi connectivity index (χ1v) is 19.5. The molecule has 0 radical (unpaired) electrons. The van der Waals surface area contributed by atoms with Gasteiger partial charge in [-0.15, -0.1) is 0 Å². The number of hydrogen-bond donors (Lipinski definition) is 0. The number of fused-ring (bicyclic) bond motifs is 15. The predicted molar refractivity (Wildman–Crippen MR) is 227 cm³/mol. The van der Waals surface area contributed by atoms with E-state index in [9.17, 15) is 0 Å². The van der Waals surface area contributed by atoms with Crippen LogP contribution in [0.2, 0.25) is 0 Å². The second-order valence-electron chi connectivity index (χ2n) is 15.8. The van der Waals surface area contributed by atoms with E-state index in [1.165, 1.54) is 77.3 Å². The van der Waals surface area contributed by atoms with E-state index >= 15 is 0 Å². The molecule has 5 heterocycles. The third kappa shape index (κ3) is 4.03. The highest BCUT2D eigenvalue weighted by molar-refractivity contribution is 7.25. The molecule has 0 spiro atoms. The molecule has 254 valence electrons. The van der Waals surface area contributed by atoms with Crippen molar-refractivity contribution in [1.29, 1.82) is 0 Å². The standard InChI is InChI=1S/C46H38B2N4S/c1-45(2)33-23-11-15-27-37(33)47-49(31-19-7-5-8-20-31)41-42-44(53-43(41)51(47)39-29-17-13-25-35(39)45)52-40-30-18-14-26-36(40)46(3,4)34-24-12-16-28-38(34)48(52)50(42)32-21-9-6-10-22-32/h5-30H,1-4H3. The van der Waals surface area contributed by atoms with Crippen molar-refractivity contribution in [2.24, 2.45) is 0 Å². The fourth-order valence-corrected chi connectivity index (χ4v) is 11.3. The van der Waals surface area contributed by atoms with E-state index in [4.69, 9.17) is 0 Å². The molecule has 1 aromatic heterocycles. The molecular formula is C46H38B2N4S. The largest absolute Gasteiger partial charge is 0.421 e. The molecule has 53 heavy (non-hydrogen) atoms. The van der Waals surface area contributed by atoms with Gasteiger partial charge >= 0.3 is 14.0 Å². The van der Waals surface area contributed by atoms with Gasteiger partial charge in [0.25, 0.3) is 0 Å². The Morgan fingerprint density at radius 3 is 1.13 bits per heavy atom. The Hall–Kier alpha value is -5.65. The van der Waals surface area contributed by atoms with Crippen molar-refractivity contribution >= 4 is 80.4 Å². The molecule has 6 aromatic carbocycles. The number of anilines is 8. The van der Waals surface area contributed by atoms with E-state index in [0.717, 1.165) is 0 Å². The Morgan fingerprint density at radius 1 is 0.377 bits per heavy atom. The summed E-state index contributed by atoms with van der Waals surface area (Å²) in [6.45, 7) is 9.43. The quantitative estimate of drug-likeness (QED) is 0.167. The lowest BCUT2D eigenvalue weighted by Crippen LogP contribution is -2.54. The van der Waals surface area contributed by atoms with E-state index < -0.39 is 0 Å². The molecule has 11 rings (SSSR count). The van der Waals surface area contributed by atoms with Crippen LogP contribution in [0.15, 0.2) is 158 Å². The summed E-state index contributed by atoms with van der Waals surface area (Å²) in [5.74, 6) is 0. The number of benzene rings is 6. The lowest BCUT2D eigenvalue weighted by Gasteiger charge is -2.33. The molecule has 7 aromatic rings. The maximum absolute atomic E-state index is 2.66. The highest BCUT2D eigenvalue weighted by Crippen LogP contribution is 2.66. The van der Waals surface area contributed by atoms with Gasteiger partial charge in [-0.05, 0) is 69.6 Å². The Bertz CT molecular complexity index is 2410. The van der Waals surface area contributed by atoms with Crippen LogP contribution in [-0.2, 0) is 10.8 Å². The van der Waals surface area contributed by atoms with Gasteiger partial charge in [-0.3, -0.25) is 0 Å². The van der Waals surface area contributed by atoms with Crippen molar-refractivity contribution in [3.63, 3.8) is 0 Å². The average molecular weight is 701 g/mol. The van der Waals surface area contributed by atoms with E-state index in [0.29, 0.717) is 0 Å². The zero-order valence-corrected chi connectivity index (χ0v) is 31.2. The fourth-order valence-electron chi connectivity index (χ4n) is 9.90. The number of rotatable bonds is 2. The summed E-state index contributed by atoms with van der Waals surface area (Å²) in [5, 5.41) is 2.55. The number of hydrogen-bond acceptors (Lipinski definition) is 5. The molecule has 7 heteroatoms. The summed E-state index contributed by atoms with van der Waals surface area (Å²) in [6, 6.07) is 58.7. The Morgan fingerprint density at radius 2 is 0.717 bits per heavy atom. The van der Waals surface area contributed by atoms with Crippen molar-refractivity contribution in [1.82, 2.24) is 0 Å². The van der Waals surface area contributed by atoms with Gasteiger partial charge in [0.05, 0.1) is 11.4 Å². The average Bonchev–Trinajstić information content (AvgIpc) is 3.80. The molecule has 4 aliphatic rings. The van der Waals surface area contributed by atoms with Gasteiger partial charge in [-0.25, -0.2) is 0 Å². The monoisotopic (exact) mass is 700 g/mol. The van der Waals surface area contributed by atoms with Crippen molar-refractivity contribution in [2.45, 2.75) is 38.5 Å². The Labute approximate surface area is 316 Å². The summed E-state index contributed by atoms with van der Waals surface area (Å²) in [6.07, 6.45) is 0. The SMILES string of the molecule is CC1(C)c2ccccc2B2N(c3ccccc31)c1sc3c(c1N2c1ccccc1)N(c1ccccc1)B1c2ccccc2C(C)(C)c2ccccc2N13. The molecule has 0 bridgehead atoms. The smallest absolute Gasteiger partial charge is 0.357 e. The molecule has 0 fully saturated rings. The van der Waals surface area contributed by atoms with E-state index in [-0.39, 0.29) is 24.8 Å². The molecule has 0 saturated heterocycles. The summed E-state index contributed by atoms with van der Waals surface area (Å²) in [7, 11) is 0. The zero-order valence-electron chi connectivity index (χ0n) is 30.4. The summed E-state index contributed by atoms with van der Waals surface area (Å²) in [5.41, 5.74) is 15.1. The zero-order chi connectivity index (χ0) is 35.6. The minimum Gasteiger partial charge on any atom is -0.357 e. The van der Waals surface area contributed by atoms with E-state index in [1.54, 1.807) is 0 Å². The van der Waals surface area contributed by atoms with Crippen LogP contribution in [0.3, 0.4) is 0 Å². The molecule has 0 amide bonds. The minimum absolute atomic E-state index is 0.0698. The van der Waals surface area contributed by atoms with Gasteiger partial charge < -0.3 is 19.2 Å². The summed E-state index contributed by atoms with van der Waals surface area (Å²) < 4.78 is 0. The van der Waals surface area contributed by atoms with Crippen LogP contribution in [0.1, 0.15) is 49.9 Å². The molecule has 4 aliphatic heterocycles. The third-order valence-corrected chi connectivity index (χ3v) is 13.5. The minimum atomic E-state index is -0.194. The summed E-state index contributed by atoms with van der Waals surface area (Å²) >= 11 is 1.94. The molecule has 0 aliphatic carbocycles. The van der Waals surface area contributed by atoms with Gasteiger partial charge in [0.15, 0.2) is 0 Å². The van der Waals surface area contributed by atoms with Crippen LogP contribution < -0.4 is 30.2 Å². The van der Waals surface area contributed by atoms with E-state index in [2.05, 4.69) is 205 Å². The van der Waals surface area contributed by atoms with Gasteiger partial charge in [-0.2, -0.15) is 0 Å². The topological polar surface area (TPSA) is 13.0 Å². The van der Waals surface area contributed by atoms with Crippen molar-refractivity contribution < 1.29 is 0 Å². The summed E-state index contributed by atoms with van der Waals surface area (Å²) in [4.78, 5) is 10.6. The second kappa shape index (κ2) is 10.9. The lowest BCUT2D eigenvalue weighted by molar-refractivity contribution is 0.648. The van der Waals surface area contributed by atoms with Gasteiger partial charge in [0.1, 0.15) is 10.0 Å². The van der Waals surface area contributed by atoms with Gasteiger partial charge in [0, 0.05) is 33.6 Å². The maximum Gasteiger partial charge on any atom is 0.421 e. The fraction of sp³-hybridized carbons (Fsp3) is 0.130. The van der Waals surface area contributed by atoms with Crippen LogP contribution in [0, 0.1) is 0 Å². The maximum atomic E-state index is 2.66. The third-order valence-electron chi connectivity index (χ3n) is 12.3. The van der Waals surface area contributed by atoms with Crippen molar-refractivity contribution in [2.75, 3.05) is 19.2 Å². The molecule has 0 unspecified atom stereocenters. The molecule has 0 N–H and O–H groups in total. The van der Waals surface area contributed by atoms with Crippen LogP contribution in [0.25, 0.3) is 0 Å².